The van der Waals surface area contributed by atoms with Crippen molar-refractivity contribution in [3.63, 3.8) is 0 Å². The van der Waals surface area contributed by atoms with E-state index >= 15 is 0 Å². The fourth-order valence-electron chi connectivity index (χ4n) is 5.05. The number of piperidine rings is 1. The predicted molar refractivity (Wildman–Crippen MR) is 116 cm³/mol. The molecule has 0 spiro atoms. The summed E-state index contributed by atoms with van der Waals surface area (Å²) in [6, 6.07) is 8.04. The molecule has 1 saturated carbocycles. The lowest BCUT2D eigenvalue weighted by molar-refractivity contribution is -0.129. The Morgan fingerprint density at radius 2 is 1.94 bits per heavy atom. The highest BCUT2D eigenvalue weighted by atomic mass is 19.3. The summed E-state index contributed by atoms with van der Waals surface area (Å²) >= 11 is 0. The van der Waals surface area contributed by atoms with Gasteiger partial charge in [0.25, 0.3) is 12.3 Å². The fourth-order valence-corrected chi connectivity index (χ4v) is 5.05. The molecule has 2 aliphatic rings. The van der Waals surface area contributed by atoms with Gasteiger partial charge in [-0.15, -0.1) is 0 Å². The van der Waals surface area contributed by atoms with Gasteiger partial charge in [0.2, 0.25) is 0 Å². The molecule has 5 rings (SSSR count). The van der Waals surface area contributed by atoms with Crippen LogP contribution in [0.4, 0.5) is 8.78 Å². The maximum Gasteiger partial charge on any atom is 0.280 e. The number of amides is 1. The number of rotatable bonds is 4. The molecular weight excluding hydrogens is 430 g/mol. The summed E-state index contributed by atoms with van der Waals surface area (Å²) in [5.41, 5.74) is 0.864. The number of carbonyl (C=O) groups is 2. The zero-order valence-electron chi connectivity index (χ0n) is 18.2. The van der Waals surface area contributed by atoms with Crippen LogP contribution < -0.4 is 4.74 Å². The summed E-state index contributed by atoms with van der Waals surface area (Å²) in [5, 5.41) is 4.08. The van der Waals surface area contributed by atoms with Gasteiger partial charge in [0.05, 0.1) is 19.0 Å². The van der Waals surface area contributed by atoms with Gasteiger partial charge in [0.15, 0.2) is 5.65 Å². The van der Waals surface area contributed by atoms with E-state index < -0.39 is 6.43 Å². The molecular formula is C24H24F2N4O3. The average Bonchev–Trinajstić information content (AvgIpc) is 3.27. The molecule has 2 atom stereocenters. The number of benzene rings is 1. The van der Waals surface area contributed by atoms with Crippen molar-refractivity contribution < 1.29 is 23.1 Å². The first-order valence-electron chi connectivity index (χ1n) is 11.1. The first-order valence-corrected chi connectivity index (χ1v) is 11.1. The van der Waals surface area contributed by atoms with Gasteiger partial charge in [-0.2, -0.15) is 5.10 Å². The van der Waals surface area contributed by atoms with Gasteiger partial charge in [-0.3, -0.25) is 9.59 Å². The third-order valence-electron chi connectivity index (χ3n) is 6.74. The van der Waals surface area contributed by atoms with Crippen LogP contribution in [0.25, 0.3) is 16.9 Å². The second-order valence-corrected chi connectivity index (χ2v) is 8.56. The summed E-state index contributed by atoms with van der Waals surface area (Å²) in [5.74, 6) is 0.395. The van der Waals surface area contributed by atoms with E-state index in [4.69, 9.17) is 4.74 Å². The number of nitrogens with zero attached hydrogens (tertiary/aromatic N) is 4. The third-order valence-corrected chi connectivity index (χ3v) is 6.74. The number of Topliss-reactive ketones (excluding diaryl/α,β-unsaturated/α-hetero) is 1. The van der Waals surface area contributed by atoms with Crippen LogP contribution in [0, 0.1) is 5.92 Å². The summed E-state index contributed by atoms with van der Waals surface area (Å²) < 4.78 is 34.0. The normalized spacial score (nSPS) is 20.8. The highest BCUT2D eigenvalue weighted by molar-refractivity contribution is 6.01. The molecule has 0 N–H and O–H groups in total. The molecule has 2 aromatic heterocycles. The summed E-state index contributed by atoms with van der Waals surface area (Å²) in [4.78, 5) is 32.2. The van der Waals surface area contributed by atoms with Crippen molar-refractivity contribution in [3.05, 3.63) is 47.8 Å². The number of carbonyl (C=O) groups excluding carboxylic acids is 2. The Morgan fingerprint density at radius 1 is 1.18 bits per heavy atom. The number of hydrogen-bond donors (Lipinski definition) is 0. The van der Waals surface area contributed by atoms with Gasteiger partial charge in [0, 0.05) is 30.5 Å². The molecule has 1 amide bonds. The number of hydrogen-bond acceptors (Lipinski definition) is 5. The number of likely N-dealkylation sites (tertiary alicyclic amines) is 1. The minimum atomic E-state index is -2.80. The molecule has 3 heterocycles. The Bertz CT molecular complexity index is 1210. The summed E-state index contributed by atoms with van der Waals surface area (Å²) in [6.07, 6.45) is 2.33. The molecule has 7 nitrogen and oxygen atoms in total. The molecule has 0 unspecified atom stereocenters. The van der Waals surface area contributed by atoms with Crippen LogP contribution >= 0.6 is 0 Å². The molecule has 2 fully saturated rings. The molecule has 0 radical (unpaired) electrons. The van der Waals surface area contributed by atoms with Crippen LogP contribution in [-0.2, 0) is 4.79 Å². The lowest BCUT2D eigenvalue weighted by Crippen LogP contribution is -2.53. The van der Waals surface area contributed by atoms with E-state index in [1.165, 1.54) is 12.3 Å². The maximum atomic E-state index is 13.9. The number of methoxy groups -OCH3 is 1. The number of ketones is 1. The van der Waals surface area contributed by atoms with Crippen molar-refractivity contribution in [1.29, 1.82) is 0 Å². The largest absolute Gasteiger partial charge is 0.497 e. The number of aromatic nitrogens is 3. The topological polar surface area (TPSA) is 76.8 Å². The van der Waals surface area contributed by atoms with E-state index in [0.29, 0.717) is 30.0 Å². The predicted octanol–water partition coefficient (Wildman–Crippen LogP) is 4.32. The molecule has 172 valence electrons. The van der Waals surface area contributed by atoms with Crippen molar-refractivity contribution in [2.24, 2.45) is 5.92 Å². The highest BCUT2D eigenvalue weighted by Crippen LogP contribution is 2.35. The van der Waals surface area contributed by atoms with Crippen LogP contribution in [0.15, 0.2) is 36.5 Å². The highest BCUT2D eigenvalue weighted by Gasteiger charge is 2.41. The maximum absolute atomic E-state index is 13.9. The quantitative estimate of drug-likeness (QED) is 0.587. The Kier molecular flexibility index (Phi) is 5.55. The standard InChI is InChI=1S/C24H24F2N4O3/c1-33-15-8-6-14(7-9-15)18-12-20(22(25)26)30-23(28-18)17(13-27-30)24(32)29-11-10-21(31)16-4-2-3-5-19(16)29/h6-9,12-13,16,19,22H,2-5,10-11H2,1H3/t16-,19+/m1/s1. The van der Waals surface area contributed by atoms with E-state index in [9.17, 15) is 18.4 Å². The zero-order chi connectivity index (χ0) is 23.1. The van der Waals surface area contributed by atoms with Crippen molar-refractivity contribution >= 4 is 17.3 Å². The zero-order valence-corrected chi connectivity index (χ0v) is 18.2. The van der Waals surface area contributed by atoms with Gasteiger partial charge in [-0.05, 0) is 43.2 Å². The molecule has 33 heavy (non-hydrogen) atoms. The molecule has 1 aromatic carbocycles. The average molecular weight is 454 g/mol. The van der Waals surface area contributed by atoms with Crippen molar-refractivity contribution in [1.82, 2.24) is 19.5 Å². The van der Waals surface area contributed by atoms with Crippen molar-refractivity contribution in [2.75, 3.05) is 13.7 Å². The molecule has 1 aliphatic heterocycles. The van der Waals surface area contributed by atoms with E-state index in [2.05, 4.69) is 10.1 Å². The van der Waals surface area contributed by atoms with E-state index in [-0.39, 0.29) is 40.6 Å². The van der Waals surface area contributed by atoms with Crippen LogP contribution in [0.3, 0.4) is 0 Å². The van der Waals surface area contributed by atoms with Crippen molar-refractivity contribution in [2.45, 2.75) is 44.6 Å². The van der Waals surface area contributed by atoms with E-state index in [1.807, 2.05) is 0 Å². The van der Waals surface area contributed by atoms with Crippen LogP contribution in [0.2, 0.25) is 0 Å². The minimum Gasteiger partial charge on any atom is -0.497 e. The summed E-state index contributed by atoms with van der Waals surface area (Å²) in [6.45, 7) is 0.329. The Morgan fingerprint density at radius 3 is 2.67 bits per heavy atom. The number of fused-ring (bicyclic) bond motifs is 2. The van der Waals surface area contributed by atoms with Gasteiger partial charge >= 0.3 is 0 Å². The van der Waals surface area contributed by atoms with Gasteiger partial charge < -0.3 is 9.64 Å². The van der Waals surface area contributed by atoms with E-state index in [0.717, 1.165) is 30.2 Å². The second-order valence-electron chi connectivity index (χ2n) is 8.56. The third kappa shape index (κ3) is 3.75. The van der Waals surface area contributed by atoms with Gasteiger partial charge in [0.1, 0.15) is 22.8 Å². The number of ether oxygens (including phenoxy) is 1. The monoisotopic (exact) mass is 454 g/mol. The first-order chi connectivity index (χ1) is 16.0. The Balaban J connectivity index is 1.57. The van der Waals surface area contributed by atoms with Gasteiger partial charge in [-0.1, -0.05) is 12.8 Å². The van der Waals surface area contributed by atoms with E-state index in [1.54, 1.807) is 36.3 Å². The van der Waals surface area contributed by atoms with Crippen molar-refractivity contribution in [3.8, 4) is 17.0 Å². The van der Waals surface area contributed by atoms with Crippen LogP contribution in [0.5, 0.6) is 5.75 Å². The second kappa shape index (κ2) is 8.53. The summed E-state index contributed by atoms with van der Waals surface area (Å²) in [7, 11) is 1.55. The Hall–Kier alpha value is -3.36. The minimum absolute atomic E-state index is 0.0906. The Labute approximate surface area is 189 Å². The van der Waals surface area contributed by atoms with Crippen LogP contribution in [-0.4, -0.2) is 50.9 Å². The van der Waals surface area contributed by atoms with Crippen LogP contribution in [0.1, 0.15) is 54.6 Å². The molecule has 0 bridgehead atoms. The number of alkyl halides is 2. The SMILES string of the molecule is COc1ccc(-c2cc(C(F)F)n3ncc(C(=O)N4CCC(=O)[C@@H]5CCCC[C@@H]54)c3n2)cc1. The lowest BCUT2D eigenvalue weighted by atomic mass is 9.77. The molecule has 9 heteroatoms. The lowest BCUT2D eigenvalue weighted by Gasteiger charge is -2.43. The molecule has 3 aromatic rings. The fraction of sp³-hybridized carbons (Fsp3) is 0.417. The molecule has 1 aliphatic carbocycles. The van der Waals surface area contributed by atoms with Gasteiger partial charge in [-0.25, -0.2) is 18.3 Å². The smallest absolute Gasteiger partial charge is 0.280 e. The number of halogens is 2. The molecule has 1 saturated heterocycles. The first kappa shape index (κ1) is 21.5.